The average Bonchev–Trinajstić information content (AvgIpc) is 2.38. The topological polar surface area (TPSA) is 55.8 Å². The SMILES string of the molecule is CCCCOc1ccc2c(c1)OCC[C@H]2CC(=O)O. The number of fused-ring (bicyclic) bond motifs is 1. The van der Waals surface area contributed by atoms with Crippen molar-refractivity contribution in [3.8, 4) is 11.5 Å². The molecule has 0 unspecified atom stereocenters. The molecule has 1 aromatic rings. The molecule has 0 radical (unpaired) electrons. The van der Waals surface area contributed by atoms with Crippen LogP contribution in [0.4, 0.5) is 0 Å². The van der Waals surface area contributed by atoms with E-state index in [0.29, 0.717) is 13.2 Å². The minimum atomic E-state index is -0.763. The summed E-state index contributed by atoms with van der Waals surface area (Å²) in [5, 5.41) is 8.92. The Morgan fingerprint density at radius 2 is 2.37 bits per heavy atom. The van der Waals surface area contributed by atoms with Crippen LogP contribution in [0.1, 0.15) is 44.1 Å². The lowest BCUT2D eigenvalue weighted by Crippen LogP contribution is -2.17. The standard InChI is InChI=1S/C15H20O4/c1-2-3-7-18-12-4-5-13-11(9-15(16)17)6-8-19-14(13)10-12/h4-5,10-11H,2-3,6-9H2,1H3,(H,16,17)/t11-/m0/s1. The minimum absolute atomic E-state index is 0.0472. The summed E-state index contributed by atoms with van der Waals surface area (Å²) in [6.45, 7) is 3.40. The second-order valence-corrected chi connectivity index (χ2v) is 4.83. The van der Waals surface area contributed by atoms with Gasteiger partial charge in [0.05, 0.1) is 19.6 Å². The Bertz CT molecular complexity index is 442. The quantitative estimate of drug-likeness (QED) is 0.802. The number of unbranched alkanes of at least 4 members (excludes halogenated alkanes) is 1. The highest BCUT2D eigenvalue weighted by atomic mass is 16.5. The first-order valence-electron chi connectivity index (χ1n) is 6.82. The molecule has 0 spiro atoms. The van der Waals surface area contributed by atoms with Gasteiger partial charge in [0.15, 0.2) is 0 Å². The molecule has 19 heavy (non-hydrogen) atoms. The maximum Gasteiger partial charge on any atom is 0.303 e. The van der Waals surface area contributed by atoms with E-state index < -0.39 is 5.97 Å². The highest BCUT2D eigenvalue weighted by Crippen LogP contribution is 2.37. The zero-order chi connectivity index (χ0) is 13.7. The molecule has 1 atom stereocenters. The van der Waals surface area contributed by atoms with E-state index in [1.165, 1.54) is 0 Å². The summed E-state index contributed by atoms with van der Waals surface area (Å²) in [5.41, 5.74) is 0.983. The van der Waals surface area contributed by atoms with Crippen LogP contribution in [0.3, 0.4) is 0 Å². The Balaban J connectivity index is 2.09. The molecule has 1 N–H and O–H groups in total. The zero-order valence-electron chi connectivity index (χ0n) is 11.2. The fraction of sp³-hybridized carbons (Fsp3) is 0.533. The van der Waals surface area contributed by atoms with Gasteiger partial charge < -0.3 is 14.6 Å². The van der Waals surface area contributed by atoms with Crippen molar-refractivity contribution in [3.05, 3.63) is 23.8 Å². The van der Waals surface area contributed by atoms with Crippen LogP contribution in [-0.4, -0.2) is 24.3 Å². The van der Waals surface area contributed by atoms with Crippen LogP contribution >= 0.6 is 0 Å². The molecule has 0 fully saturated rings. The van der Waals surface area contributed by atoms with Gasteiger partial charge in [-0.1, -0.05) is 19.4 Å². The van der Waals surface area contributed by atoms with Crippen LogP contribution in [0.5, 0.6) is 11.5 Å². The summed E-state index contributed by atoms with van der Waals surface area (Å²) < 4.78 is 11.2. The number of carboxylic acids is 1. The molecule has 1 aromatic carbocycles. The number of carbonyl (C=O) groups is 1. The minimum Gasteiger partial charge on any atom is -0.493 e. The van der Waals surface area contributed by atoms with Crippen molar-refractivity contribution in [2.75, 3.05) is 13.2 Å². The Hall–Kier alpha value is -1.71. The van der Waals surface area contributed by atoms with E-state index in [2.05, 4.69) is 6.92 Å². The number of hydrogen-bond acceptors (Lipinski definition) is 3. The van der Waals surface area contributed by atoms with Gasteiger partial charge in [-0.05, 0) is 24.5 Å². The van der Waals surface area contributed by atoms with Gasteiger partial charge in [0, 0.05) is 12.0 Å². The van der Waals surface area contributed by atoms with Crippen molar-refractivity contribution >= 4 is 5.97 Å². The van der Waals surface area contributed by atoms with E-state index >= 15 is 0 Å². The average molecular weight is 264 g/mol. The van der Waals surface area contributed by atoms with Crippen LogP contribution in [0.15, 0.2) is 18.2 Å². The van der Waals surface area contributed by atoms with Crippen molar-refractivity contribution in [2.45, 2.75) is 38.5 Å². The highest BCUT2D eigenvalue weighted by Gasteiger charge is 2.24. The number of ether oxygens (including phenoxy) is 2. The Kier molecular flexibility index (Phi) is 4.66. The molecule has 0 saturated carbocycles. The molecule has 1 aliphatic heterocycles. The molecular formula is C15H20O4. The Morgan fingerprint density at radius 1 is 1.53 bits per heavy atom. The van der Waals surface area contributed by atoms with Crippen molar-refractivity contribution in [1.82, 2.24) is 0 Å². The molecule has 0 amide bonds. The van der Waals surface area contributed by atoms with Crippen LogP contribution < -0.4 is 9.47 Å². The number of hydrogen-bond donors (Lipinski definition) is 1. The summed E-state index contributed by atoms with van der Waals surface area (Å²) in [6.07, 6.45) is 3.05. The van der Waals surface area contributed by atoms with Crippen LogP contribution in [0.25, 0.3) is 0 Å². The molecule has 2 rings (SSSR count). The number of aliphatic carboxylic acids is 1. The summed E-state index contributed by atoms with van der Waals surface area (Å²) in [7, 11) is 0. The predicted octanol–water partition coefficient (Wildman–Crippen LogP) is 3.21. The third-order valence-electron chi connectivity index (χ3n) is 3.34. The maximum absolute atomic E-state index is 10.9. The first-order valence-corrected chi connectivity index (χ1v) is 6.82. The van der Waals surface area contributed by atoms with E-state index in [1.54, 1.807) is 0 Å². The van der Waals surface area contributed by atoms with Gasteiger partial charge in [-0.15, -0.1) is 0 Å². The van der Waals surface area contributed by atoms with Gasteiger partial charge in [-0.2, -0.15) is 0 Å². The molecule has 0 bridgehead atoms. The Morgan fingerprint density at radius 3 is 3.11 bits per heavy atom. The van der Waals surface area contributed by atoms with Gasteiger partial charge in [0.2, 0.25) is 0 Å². The van der Waals surface area contributed by atoms with Gasteiger partial charge in [0.1, 0.15) is 11.5 Å². The largest absolute Gasteiger partial charge is 0.493 e. The van der Waals surface area contributed by atoms with Crippen molar-refractivity contribution < 1.29 is 19.4 Å². The van der Waals surface area contributed by atoms with Crippen LogP contribution in [0.2, 0.25) is 0 Å². The van der Waals surface area contributed by atoms with Crippen LogP contribution in [0, 0.1) is 0 Å². The van der Waals surface area contributed by atoms with Gasteiger partial charge >= 0.3 is 5.97 Å². The third kappa shape index (κ3) is 3.63. The number of rotatable bonds is 6. The van der Waals surface area contributed by atoms with Crippen LogP contribution in [-0.2, 0) is 4.79 Å². The summed E-state index contributed by atoms with van der Waals surface area (Å²) in [5.74, 6) is 0.849. The first-order chi connectivity index (χ1) is 9.20. The lowest BCUT2D eigenvalue weighted by Gasteiger charge is -2.25. The fourth-order valence-electron chi connectivity index (χ4n) is 2.29. The van der Waals surface area contributed by atoms with Crippen molar-refractivity contribution in [1.29, 1.82) is 0 Å². The van der Waals surface area contributed by atoms with E-state index in [4.69, 9.17) is 14.6 Å². The highest BCUT2D eigenvalue weighted by molar-refractivity contribution is 5.68. The summed E-state index contributed by atoms with van der Waals surface area (Å²) >= 11 is 0. The summed E-state index contributed by atoms with van der Waals surface area (Å²) in [6, 6.07) is 5.71. The second kappa shape index (κ2) is 6.45. The summed E-state index contributed by atoms with van der Waals surface area (Å²) in [4.78, 5) is 10.9. The zero-order valence-corrected chi connectivity index (χ0v) is 11.2. The second-order valence-electron chi connectivity index (χ2n) is 4.83. The van der Waals surface area contributed by atoms with E-state index in [1.807, 2.05) is 18.2 Å². The van der Waals surface area contributed by atoms with E-state index in [-0.39, 0.29) is 12.3 Å². The van der Waals surface area contributed by atoms with Gasteiger partial charge in [0.25, 0.3) is 0 Å². The van der Waals surface area contributed by atoms with Crippen molar-refractivity contribution in [2.24, 2.45) is 0 Å². The maximum atomic E-state index is 10.9. The molecule has 1 heterocycles. The van der Waals surface area contributed by atoms with Gasteiger partial charge in [-0.25, -0.2) is 0 Å². The molecule has 1 aliphatic rings. The monoisotopic (exact) mass is 264 g/mol. The number of carboxylic acid groups (broad SMARTS) is 1. The van der Waals surface area contributed by atoms with Crippen molar-refractivity contribution in [3.63, 3.8) is 0 Å². The molecule has 104 valence electrons. The lowest BCUT2D eigenvalue weighted by molar-refractivity contribution is -0.137. The third-order valence-corrected chi connectivity index (χ3v) is 3.34. The molecule has 4 heteroatoms. The molecule has 4 nitrogen and oxygen atoms in total. The molecule has 0 aliphatic carbocycles. The molecule has 0 saturated heterocycles. The molecule has 0 aromatic heterocycles. The molecular weight excluding hydrogens is 244 g/mol. The number of benzene rings is 1. The van der Waals surface area contributed by atoms with E-state index in [9.17, 15) is 4.79 Å². The smallest absolute Gasteiger partial charge is 0.303 e. The first kappa shape index (κ1) is 13.7. The normalized spacial score (nSPS) is 17.4. The predicted molar refractivity (Wildman–Crippen MR) is 72.0 cm³/mol. The fourth-order valence-corrected chi connectivity index (χ4v) is 2.29. The van der Waals surface area contributed by atoms with E-state index in [0.717, 1.165) is 36.3 Å². The lowest BCUT2D eigenvalue weighted by atomic mass is 9.90. The van der Waals surface area contributed by atoms with Gasteiger partial charge in [-0.3, -0.25) is 4.79 Å². The Labute approximate surface area is 113 Å².